The minimum absolute atomic E-state index is 0. The van der Waals surface area contributed by atoms with Gasteiger partial charge in [-0.1, -0.05) is 0 Å². The summed E-state index contributed by atoms with van der Waals surface area (Å²) in [6, 6.07) is 8.68. The van der Waals surface area contributed by atoms with Crippen molar-refractivity contribution in [2.24, 2.45) is 0 Å². The van der Waals surface area contributed by atoms with E-state index in [9.17, 15) is 0 Å². The van der Waals surface area contributed by atoms with Gasteiger partial charge in [0.15, 0.2) is 0 Å². The minimum atomic E-state index is -1.63. The molecule has 0 spiro atoms. The fourth-order valence-corrected chi connectivity index (χ4v) is 9.35. The number of rotatable bonds is 8. The largest absolute Gasteiger partial charge is 1.00 e. The fraction of sp³-hybridized carbons (Fsp3) is 0.545. The summed E-state index contributed by atoms with van der Waals surface area (Å²) in [5, 5.41) is 3.43. The van der Waals surface area contributed by atoms with Gasteiger partial charge in [-0.3, -0.25) is 0 Å². The Morgan fingerprint density at radius 2 is 1.48 bits per heavy atom. The summed E-state index contributed by atoms with van der Waals surface area (Å²) < 4.78 is 1.64. The van der Waals surface area contributed by atoms with E-state index in [1.165, 1.54) is 55.7 Å². The van der Waals surface area contributed by atoms with Crippen LogP contribution in [0.3, 0.4) is 0 Å². The average Bonchev–Trinajstić information content (AvgIpc) is 2.91. The summed E-state index contributed by atoms with van der Waals surface area (Å²) in [7, 11) is -1.63. The van der Waals surface area contributed by atoms with Crippen LogP contribution < -0.4 is 42.4 Å². The van der Waals surface area contributed by atoms with E-state index in [-0.39, 0.29) is 37.2 Å². The van der Waals surface area contributed by atoms with Crippen LogP contribution in [-0.2, 0) is 20.4 Å². The number of unbranched alkanes of at least 4 members (excludes halogenated alkanes) is 2. The van der Waals surface area contributed by atoms with Crippen molar-refractivity contribution in [2.75, 3.05) is 0 Å². The molecule has 1 aliphatic rings. The van der Waals surface area contributed by atoms with Crippen molar-refractivity contribution in [3.8, 4) is 0 Å². The van der Waals surface area contributed by atoms with Gasteiger partial charge in [0.2, 0.25) is 0 Å². The number of allylic oxidation sites excluding steroid dienone is 4. The van der Waals surface area contributed by atoms with Gasteiger partial charge in [-0.2, -0.15) is 0 Å². The molecule has 1 atom stereocenters. The molecule has 5 heteroatoms. The maximum absolute atomic E-state index is 2.63. The van der Waals surface area contributed by atoms with Crippen molar-refractivity contribution < 1.29 is 57.7 Å². The van der Waals surface area contributed by atoms with Gasteiger partial charge in [-0.25, -0.2) is 0 Å². The predicted molar refractivity (Wildman–Crippen MR) is 106 cm³/mol. The molecule has 2 rings (SSSR count). The topological polar surface area (TPSA) is 0 Å². The van der Waals surface area contributed by atoms with E-state index in [2.05, 4.69) is 79.0 Å². The van der Waals surface area contributed by atoms with Gasteiger partial charge in [0, 0.05) is 0 Å². The van der Waals surface area contributed by atoms with E-state index in [1.54, 1.807) is 19.8 Å². The van der Waals surface area contributed by atoms with Crippen molar-refractivity contribution in [1.82, 2.24) is 0 Å². The summed E-state index contributed by atoms with van der Waals surface area (Å²) in [6.07, 6.45) is 10.3. The van der Waals surface area contributed by atoms with Crippen LogP contribution >= 0.6 is 0 Å². The Morgan fingerprint density at radius 1 is 0.926 bits per heavy atom. The summed E-state index contributed by atoms with van der Waals surface area (Å²) >= 11 is 2.37. The summed E-state index contributed by atoms with van der Waals surface area (Å²) in [5.74, 6) is 0. The second kappa shape index (κ2) is 13.7. The standard InChI is InChI=1S/C22H33Si.3ClH.Ti/c1-6-8-11-20-12-10-13-22(20)23(5,14-9-7-2)21-16-18(3)15-19(4)17-21;;;;/h13,15-17H,6-11,14H2,1-5H3;3*1H;/q;;;;+3/p-3. The van der Waals surface area contributed by atoms with E-state index in [0.29, 0.717) is 0 Å². The molecule has 0 radical (unpaired) electrons. The van der Waals surface area contributed by atoms with Crippen molar-refractivity contribution in [2.45, 2.75) is 78.8 Å². The molecule has 0 fully saturated rings. The molecule has 1 aliphatic carbocycles. The zero-order valence-electron chi connectivity index (χ0n) is 17.4. The van der Waals surface area contributed by atoms with Gasteiger partial charge in [0.05, 0.1) is 0 Å². The monoisotopic (exact) mass is 478 g/mol. The molecule has 0 saturated heterocycles. The van der Waals surface area contributed by atoms with Crippen LogP contribution in [0, 0.1) is 13.8 Å². The third kappa shape index (κ3) is 7.36. The van der Waals surface area contributed by atoms with Crippen LogP contribution in [0.15, 0.2) is 38.9 Å². The first kappa shape index (κ1) is 29.7. The van der Waals surface area contributed by atoms with Gasteiger partial charge in [-0.05, 0) is 0 Å². The van der Waals surface area contributed by atoms with Gasteiger partial charge < -0.3 is 37.2 Å². The molecule has 0 bridgehead atoms. The normalized spacial score (nSPS) is 15.3. The average molecular weight is 480 g/mol. The maximum Gasteiger partial charge on any atom is -1.00 e. The zero-order chi connectivity index (χ0) is 17.7. The molecule has 0 aromatic heterocycles. The van der Waals surface area contributed by atoms with Gasteiger partial charge in [0.25, 0.3) is 0 Å². The molecule has 1 aromatic carbocycles. The first-order valence-electron chi connectivity index (χ1n) is 9.65. The Kier molecular flexibility index (Phi) is 15.0. The molecule has 27 heavy (non-hydrogen) atoms. The second-order valence-corrected chi connectivity index (χ2v) is 12.9. The number of hydrogen-bond donors (Lipinski definition) is 0. The Labute approximate surface area is 198 Å². The summed E-state index contributed by atoms with van der Waals surface area (Å²) in [6.45, 7) is 11.8. The molecule has 150 valence electrons. The van der Waals surface area contributed by atoms with Crippen LogP contribution in [0.1, 0.15) is 63.5 Å². The van der Waals surface area contributed by atoms with Crippen LogP contribution in [0.5, 0.6) is 0 Å². The number of aryl methyl sites for hydroxylation is 2. The molecule has 0 nitrogen and oxygen atoms in total. The van der Waals surface area contributed by atoms with Crippen LogP contribution in [0.4, 0.5) is 0 Å². The van der Waals surface area contributed by atoms with Crippen molar-refractivity contribution in [3.63, 3.8) is 0 Å². The maximum atomic E-state index is 2.63. The van der Waals surface area contributed by atoms with Crippen LogP contribution in [0.2, 0.25) is 12.6 Å². The molecule has 0 saturated carbocycles. The smallest absolute Gasteiger partial charge is 1.00 e. The van der Waals surface area contributed by atoms with Crippen molar-refractivity contribution >= 4 is 13.3 Å². The van der Waals surface area contributed by atoms with Gasteiger partial charge in [-0.15, -0.1) is 0 Å². The van der Waals surface area contributed by atoms with E-state index in [4.69, 9.17) is 0 Å². The van der Waals surface area contributed by atoms with E-state index in [1.807, 2.05) is 0 Å². The third-order valence-electron chi connectivity index (χ3n) is 5.46. The molecule has 0 N–H and O–H groups in total. The first-order valence-corrected chi connectivity index (χ1v) is 13.1. The number of hydrogen-bond acceptors (Lipinski definition) is 0. The number of benzene rings is 1. The van der Waals surface area contributed by atoms with Crippen LogP contribution in [0.25, 0.3) is 0 Å². The molecule has 0 amide bonds. The molecule has 1 unspecified atom stereocenters. The minimum Gasteiger partial charge on any atom is -1.00 e. The van der Waals surface area contributed by atoms with Crippen molar-refractivity contribution in [3.05, 3.63) is 50.0 Å². The van der Waals surface area contributed by atoms with Crippen LogP contribution in [-0.4, -0.2) is 8.07 Å². The quantitative estimate of drug-likeness (QED) is 0.355. The Morgan fingerprint density at radius 3 is 2.00 bits per heavy atom. The van der Waals surface area contributed by atoms with Crippen molar-refractivity contribution in [1.29, 1.82) is 0 Å². The molecular weight excluding hydrogens is 447 g/mol. The SMILES string of the molecule is CCCCC1=[C]([Ti+3])CC=C1[Si](C)(CCCC)c1cc(C)cc(C)c1.[Cl-].[Cl-].[Cl-]. The van der Waals surface area contributed by atoms with E-state index >= 15 is 0 Å². The fourth-order valence-electron chi connectivity index (χ4n) is 4.07. The van der Waals surface area contributed by atoms with E-state index in [0.717, 1.165) is 0 Å². The van der Waals surface area contributed by atoms with E-state index < -0.39 is 8.07 Å². The Hall–Kier alpha value is 0.501. The third-order valence-corrected chi connectivity index (χ3v) is 10.9. The summed E-state index contributed by atoms with van der Waals surface area (Å²) in [5.41, 5.74) is 4.57. The Bertz CT molecular complexity index is 635. The first-order chi connectivity index (χ1) is 11.4. The second-order valence-electron chi connectivity index (χ2n) is 7.69. The Balaban J connectivity index is 0. The zero-order valence-corrected chi connectivity index (χ0v) is 22.2. The molecular formula is C22H33Cl3SiTi. The van der Waals surface area contributed by atoms with Gasteiger partial charge >= 0.3 is 163 Å². The number of halogens is 3. The van der Waals surface area contributed by atoms with Gasteiger partial charge in [0.1, 0.15) is 0 Å². The molecule has 0 aliphatic heterocycles. The summed E-state index contributed by atoms with van der Waals surface area (Å²) in [4.78, 5) is 0. The predicted octanol–water partition coefficient (Wildman–Crippen LogP) is -2.74. The molecule has 1 aromatic rings. The molecule has 0 heterocycles.